The molecule has 11 aromatic carbocycles. The third-order valence-corrected chi connectivity index (χ3v) is 16.0. The van der Waals surface area contributed by atoms with Crippen molar-refractivity contribution < 1.29 is 8.83 Å². The van der Waals surface area contributed by atoms with Crippen LogP contribution in [0.5, 0.6) is 0 Å². The van der Waals surface area contributed by atoms with Gasteiger partial charge in [0.25, 0.3) is 0 Å². The minimum atomic E-state index is 0.849. The zero-order valence-corrected chi connectivity index (χ0v) is 40.0. The average Bonchev–Trinajstić information content (AvgIpc) is 4.24. The highest BCUT2D eigenvalue weighted by molar-refractivity contribution is 7.22. The van der Waals surface area contributed by atoms with Gasteiger partial charge in [-0.1, -0.05) is 121 Å². The maximum absolute atomic E-state index is 6.46. The molecular formula is C64H38N4O2S2. The second kappa shape index (κ2) is 16.2. The summed E-state index contributed by atoms with van der Waals surface area (Å²) < 4.78 is 15.2. The van der Waals surface area contributed by atoms with Gasteiger partial charge in [0.15, 0.2) is 0 Å². The van der Waals surface area contributed by atoms with Crippen molar-refractivity contribution >= 4 is 143 Å². The first kappa shape index (κ1) is 40.8. The van der Waals surface area contributed by atoms with Crippen LogP contribution in [0.2, 0.25) is 0 Å². The van der Waals surface area contributed by atoms with Crippen molar-refractivity contribution in [1.29, 1.82) is 0 Å². The molecule has 0 amide bonds. The number of rotatable bonds is 8. The van der Waals surface area contributed by atoms with Crippen LogP contribution >= 0.6 is 22.7 Å². The molecule has 0 aliphatic carbocycles. The number of anilines is 6. The number of fused-ring (bicyclic) bond motifs is 11. The molecule has 0 spiro atoms. The van der Waals surface area contributed by atoms with Crippen molar-refractivity contribution in [3.63, 3.8) is 0 Å². The quantitative estimate of drug-likeness (QED) is 0.141. The van der Waals surface area contributed by atoms with Crippen LogP contribution in [0.15, 0.2) is 239 Å². The number of benzene rings is 11. The molecule has 0 fully saturated rings. The van der Waals surface area contributed by atoms with Crippen molar-refractivity contribution in [1.82, 2.24) is 9.97 Å². The summed E-state index contributed by atoms with van der Waals surface area (Å²) in [5.74, 6) is 0. The summed E-state index contributed by atoms with van der Waals surface area (Å²) in [6.45, 7) is 0. The maximum atomic E-state index is 6.46. The molecule has 0 aliphatic rings. The third-order valence-electron chi connectivity index (χ3n) is 13.9. The fourth-order valence-corrected chi connectivity index (χ4v) is 12.4. The molecule has 0 bridgehead atoms. The van der Waals surface area contributed by atoms with Crippen LogP contribution in [0.1, 0.15) is 0 Å². The molecule has 6 nitrogen and oxygen atoms in total. The van der Waals surface area contributed by atoms with Crippen molar-refractivity contribution in [2.45, 2.75) is 0 Å². The summed E-state index contributed by atoms with van der Waals surface area (Å²) >= 11 is 3.43. The van der Waals surface area contributed by atoms with Gasteiger partial charge in [-0.15, -0.1) is 22.7 Å². The van der Waals surface area contributed by atoms with E-state index < -0.39 is 0 Å². The fraction of sp³-hybridized carbons (Fsp3) is 0. The Hall–Kier alpha value is -9.08. The first-order valence-electron chi connectivity index (χ1n) is 23.9. The lowest BCUT2D eigenvalue weighted by Gasteiger charge is -2.26. The van der Waals surface area contributed by atoms with E-state index in [-0.39, 0.29) is 0 Å². The zero-order chi connectivity index (χ0) is 47.3. The van der Waals surface area contributed by atoms with Crippen molar-refractivity contribution in [2.75, 3.05) is 9.80 Å². The van der Waals surface area contributed by atoms with E-state index >= 15 is 0 Å². The minimum absolute atomic E-state index is 0.849. The molecule has 338 valence electrons. The monoisotopic (exact) mass is 958 g/mol. The molecule has 0 N–H and O–H groups in total. The Labute approximate surface area is 420 Å². The third kappa shape index (κ3) is 6.76. The lowest BCUT2D eigenvalue weighted by molar-refractivity contribution is 0.668. The van der Waals surface area contributed by atoms with E-state index in [1.165, 1.54) is 10.8 Å². The van der Waals surface area contributed by atoms with E-state index in [1.54, 1.807) is 22.7 Å². The molecule has 4 aromatic heterocycles. The molecule has 4 heterocycles. The Morgan fingerprint density at radius 1 is 0.292 bits per heavy atom. The van der Waals surface area contributed by atoms with Gasteiger partial charge in [-0.05, 0) is 119 Å². The van der Waals surface area contributed by atoms with E-state index in [0.717, 1.165) is 130 Å². The summed E-state index contributed by atoms with van der Waals surface area (Å²) in [4.78, 5) is 14.7. The van der Waals surface area contributed by atoms with E-state index in [2.05, 4.69) is 204 Å². The van der Waals surface area contributed by atoms with Gasteiger partial charge in [0.1, 0.15) is 32.3 Å². The Bertz CT molecular complexity index is 4320. The Kier molecular flexibility index (Phi) is 9.20. The second-order valence-electron chi connectivity index (χ2n) is 18.2. The summed E-state index contributed by atoms with van der Waals surface area (Å²) in [5, 5.41) is 11.1. The number of nitrogens with zero attached hydrogens (tertiary/aromatic N) is 4. The van der Waals surface area contributed by atoms with Crippen LogP contribution < -0.4 is 9.80 Å². The Morgan fingerprint density at radius 2 is 0.653 bits per heavy atom. The maximum Gasteiger partial charge on any atom is 0.137 e. The second-order valence-corrected chi connectivity index (χ2v) is 20.2. The topological polar surface area (TPSA) is 58.5 Å². The van der Waals surface area contributed by atoms with Gasteiger partial charge in [-0.2, -0.15) is 0 Å². The lowest BCUT2D eigenvalue weighted by atomic mass is 10.00. The molecule has 0 saturated carbocycles. The molecule has 8 heteroatoms. The number of aromatic nitrogens is 2. The summed E-state index contributed by atoms with van der Waals surface area (Å²) in [6.07, 6.45) is 0. The van der Waals surface area contributed by atoms with Gasteiger partial charge in [0, 0.05) is 78.9 Å². The molecule has 0 unspecified atom stereocenters. The van der Waals surface area contributed by atoms with Gasteiger partial charge >= 0.3 is 0 Å². The number of thiazole rings is 2. The van der Waals surface area contributed by atoms with Crippen molar-refractivity contribution in [3.8, 4) is 21.1 Å². The first-order valence-corrected chi connectivity index (χ1v) is 25.6. The zero-order valence-electron chi connectivity index (χ0n) is 38.4. The SMILES string of the molecule is c1ccc(-c2nc3ccc(N(c4ccc5c(ccc6cc(N(c7ccc8c(c7)oc7ccccc78)c7ccc8nc(-c9ccccc9)sc8c7)ccc65)c4)c4ccc5c(c4)oc4ccccc45)cc3s2)cc1. The highest BCUT2D eigenvalue weighted by Crippen LogP contribution is 2.45. The van der Waals surface area contributed by atoms with E-state index in [0.29, 0.717) is 0 Å². The van der Waals surface area contributed by atoms with E-state index in [4.69, 9.17) is 18.8 Å². The van der Waals surface area contributed by atoms with Crippen LogP contribution in [0.25, 0.3) is 107 Å². The number of para-hydroxylation sites is 2. The molecular weight excluding hydrogens is 921 g/mol. The molecule has 0 aliphatic heterocycles. The molecule has 15 rings (SSSR count). The largest absolute Gasteiger partial charge is 0.456 e. The normalized spacial score (nSPS) is 11.9. The van der Waals surface area contributed by atoms with Crippen LogP contribution in [0.3, 0.4) is 0 Å². The summed E-state index contributed by atoms with van der Waals surface area (Å²) in [6, 6.07) is 81.8. The molecule has 72 heavy (non-hydrogen) atoms. The van der Waals surface area contributed by atoms with Crippen LogP contribution in [-0.4, -0.2) is 9.97 Å². The predicted octanol–water partition coefficient (Wildman–Crippen LogP) is 19.3. The van der Waals surface area contributed by atoms with Gasteiger partial charge in [0.2, 0.25) is 0 Å². The van der Waals surface area contributed by atoms with E-state index in [9.17, 15) is 0 Å². The van der Waals surface area contributed by atoms with Crippen molar-refractivity contribution in [2.24, 2.45) is 0 Å². The highest BCUT2D eigenvalue weighted by atomic mass is 32.1. The van der Waals surface area contributed by atoms with E-state index in [1.807, 2.05) is 36.4 Å². The number of furan rings is 2. The summed E-state index contributed by atoms with van der Waals surface area (Å²) in [5.41, 5.74) is 13.8. The Morgan fingerprint density at radius 3 is 1.11 bits per heavy atom. The standard InChI is InChI=1S/C64H38N4O2S2/c1-3-11-39(12-4-1)63-65-55-31-25-47(37-61(55)71-63)67(45-23-29-53-51-15-7-9-17-57(51)69-59(53)35-45)43-21-27-49-41(33-43)19-20-42-34-44(22-28-50(42)49)68(46-24-30-54-52-16-8-10-18-58(52)70-60(54)36-46)48-26-32-56-62(38-48)72-64(66-56)40-13-5-2-6-14-40/h1-38H. The van der Waals surface area contributed by atoms with Crippen molar-refractivity contribution in [3.05, 3.63) is 231 Å². The number of hydrogen-bond acceptors (Lipinski definition) is 8. The van der Waals surface area contributed by atoms with Crippen LogP contribution in [0.4, 0.5) is 34.1 Å². The first-order chi connectivity index (χ1) is 35.6. The summed E-state index contributed by atoms with van der Waals surface area (Å²) in [7, 11) is 0. The van der Waals surface area contributed by atoms with Gasteiger partial charge in [0.05, 0.1) is 20.4 Å². The van der Waals surface area contributed by atoms with Gasteiger partial charge in [-0.25, -0.2) is 9.97 Å². The minimum Gasteiger partial charge on any atom is -0.456 e. The molecule has 15 aromatic rings. The molecule has 0 atom stereocenters. The number of hydrogen-bond donors (Lipinski definition) is 0. The lowest BCUT2D eigenvalue weighted by Crippen LogP contribution is -2.10. The smallest absolute Gasteiger partial charge is 0.137 e. The average molecular weight is 959 g/mol. The predicted molar refractivity (Wildman–Crippen MR) is 303 cm³/mol. The fourth-order valence-electron chi connectivity index (χ4n) is 10.4. The molecule has 0 saturated heterocycles. The highest BCUT2D eigenvalue weighted by Gasteiger charge is 2.21. The van der Waals surface area contributed by atoms with Crippen LogP contribution in [0, 0.1) is 0 Å². The Balaban J connectivity index is 0.852. The van der Waals surface area contributed by atoms with Gasteiger partial charge < -0.3 is 18.6 Å². The van der Waals surface area contributed by atoms with Crippen LogP contribution in [-0.2, 0) is 0 Å². The van der Waals surface area contributed by atoms with Gasteiger partial charge in [-0.3, -0.25) is 0 Å². The molecule has 0 radical (unpaired) electrons.